The van der Waals surface area contributed by atoms with Crippen LogP contribution in [0, 0.1) is 13.8 Å². The highest BCUT2D eigenvalue weighted by atomic mass is 16.5. The second kappa shape index (κ2) is 4.20. The van der Waals surface area contributed by atoms with Gasteiger partial charge in [-0.1, -0.05) is 6.92 Å². The summed E-state index contributed by atoms with van der Waals surface area (Å²) >= 11 is 0. The zero-order valence-corrected chi connectivity index (χ0v) is 10.8. The molecule has 0 aliphatic carbocycles. The first kappa shape index (κ1) is 11.4. The van der Waals surface area contributed by atoms with E-state index in [1.54, 1.807) is 0 Å². The van der Waals surface area contributed by atoms with Crippen LogP contribution >= 0.6 is 0 Å². The van der Waals surface area contributed by atoms with Crippen LogP contribution in [0.3, 0.4) is 0 Å². The van der Waals surface area contributed by atoms with E-state index in [-0.39, 0.29) is 6.04 Å². The van der Waals surface area contributed by atoms with Gasteiger partial charge in [-0.25, -0.2) is 4.98 Å². The predicted octanol–water partition coefficient (Wildman–Crippen LogP) is 2.03. The minimum atomic E-state index is 0.267. The number of aryl methyl sites for hydroxylation is 2. The Morgan fingerprint density at radius 2 is 2.17 bits per heavy atom. The van der Waals surface area contributed by atoms with Crippen LogP contribution in [-0.4, -0.2) is 26.4 Å². The molecule has 1 aliphatic heterocycles. The highest BCUT2D eigenvalue weighted by molar-refractivity contribution is 5.51. The van der Waals surface area contributed by atoms with Gasteiger partial charge in [-0.2, -0.15) is 0 Å². The summed E-state index contributed by atoms with van der Waals surface area (Å²) in [5.41, 5.74) is 0.851. The zero-order valence-electron chi connectivity index (χ0n) is 10.8. The van der Waals surface area contributed by atoms with Crippen molar-refractivity contribution in [2.75, 3.05) is 6.61 Å². The standard InChI is InChI=1S/C12H16N4O2/c1-4-9-5-17-6-10-14-15-12(16(9)10)11-7(2)13-8(3)18-11/h9H,4-6H2,1-3H3. The summed E-state index contributed by atoms with van der Waals surface area (Å²) in [5.74, 6) is 2.99. The minimum absolute atomic E-state index is 0.267. The molecule has 0 amide bonds. The molecule has 2 aromatic heterocycles. The Morgan fingerprint density at radius 3 is 2.83 bits per heavy atom. The molecule has 2 aromatic rings. The van der Waals surface area contributed by atoms with Crippen LogP contribution in [-0.2, 0) is 11.3 Å². The van der Waals surface area contributed by atoms with Gasteiger partial charge in [-0.05, 0) is 13.3 Å². The Labute approximate surface area is 105 Å². The molecule has 1 unspecified atom stereocenters. The lowest BCUT2D eigenvalue weighted by Crippen LogP contribution is -2.24. The normalized spacial score (nSPS) is 18.9. The first-order valence-electron chi connectivity index (χ1n) is 6.16. The van der Waals surface area contributed by atoms with E-state index in [4.69, 9.17) is 9.15 Å². The number of nitrogens with zero attached hydrogens (tertiary/aromatic N) is 4. The highest BCUT2D eigenvalue weighted by Gasteiger charge is 2.27. The Bertz CT molecular complexity index is 573. The van der Waals surface area contributed by atoms with Crippen molar-refractivity contribution < 1.29 is 9.15 Å². The van der Waals surface area contributed by atoms with Gasteiger partial charge < -0.3 is 13.7 Å². The molecule has 1 aliphatic rings. The van der Waals surface area contributed by atoms with Crippen LogP contribution in [0.2, 0.25) is 0 Å². The Kier molecular flexibility index (Phi) is 2.66. The molecule has 0 saturated carbocycles. The zero-order chi connectivity index (χ0) is 12.7. The Balaban J connectivity index is 2.14. The van der Waals surface area contributed by atoms with E-state index >= 15 is 0 Å². The molecule has 0 bridgehead atoms. The summed E-state index contributed by atoms with van der Waals surface area (Å²) in [5, 5.41) is 8.42. The average molecular weight is 248 g/mol. The highest BCUT2D eigenvalue weighted by Crippen LogP contribution is 2.30. The van der Waals surface area contributed by atoms with Crippen LogP contribution in [0.5, 0.6) is 0 Å². The van der Waals surface area contributed by atoms with Crippen LogP contribution in [0.15, 0.2) is 4.42 Å². The van der Waals surface area contributed by atoms with E-state index in [2.05, 4.69) is 26.7 Å². The van der Waals surface area contributed by atoms with Crippen LogP contribution < -0.4 is 0 Å². The van der Waals surface area contributed by atoms with Gasteiger partial charge in [0.1, 0.15) is 6.61 Å². The molecule has 0 radical (unpaired) electrons. The SMILES string of the molecule is CCC1COCc2nnc(-c3oc(C)nc3C)n21. The summed E-state index contributed by atoms with van der Waals surface area (Å²) in [6, 6.07) is 0.267. The lowest BCUT2D eigenvalue weighted by Gasteiger charge is -2.24. The summed E-state index contributed by atoms with van der Waals surface area (Å²) < 4.78 is 13.3. The maximum Gasteiger partial charge on any atom is 0.202 e. The topological polar surface area (TPSA) is 66.0 Å². The summed E-state index contributed by atoms with van der Waals surface area (Å²) in [6.07, 6.45) is 0.976. The number of hydrogen-bond acceptors (Lipinski definition) is 5. The van der Waals surface area contributed by atoms with Gasteiger partial charge in [0.05, 0.1) is 18.3 Å². The van der Waals surface area contributed by atoms with E-state index in [0.29, 0.717) is 24.9 Å². The molecule has 0 N–H and O–H groups in total. The summed E-state index contributed by atoms with van der Waals surface area (Å²) in [7, 11) is 0. The van der Waals surface area contributed by atoms with E-state index < -0.39 is 0 Å². The van der Waals surface area contributed by atoms with Gasteiger partial charge in [-0.15, -0.1) is 10.2 Å². The lowest BCUT2D eigenvalue weighted by atomic mass is 10.2. The van der Waals surface area contributed by atoms with Crippen molar-refractivity contribution in [2.45, 2.75) is 39.8 Å². The number of oxazole rings is 1. The number of fused-ring (bicyclic) bond motifs is 1. The average Bonchev–Trinajstić information content (AvgIpc) is 2.92. The van der Waals surface area contributed by atoms with Gasteiger partial charge in [0, 0.05) is 6.92 Å². The molecule has 0 fully saturated rings. The van der Waals surface area contributed by atoms with E-state index in [1.807, 2.05) is 13.8 Å². The molecule has 1 atom stereocenters. The minimum Gasteiger partial charge on any atom is -0.437 e. The third-order valence-corrected chi connectivity index (χ3v) is 3.25. The third-order valence-electron chi connectivity index (χ3n) is 3.25. The molecule has 3 heterocycles. The van der Waals surface area contributed by atoms with Gasteiger partial charge in [0.2, 0.25) is 5.82 Å². The van der Waals surface area contributed by atoms with E-state index in [9.17, 15) is 0 Å². The maximum absolute atomic E-state index is 5.64. The van der Waals surface area contributed by atoms with Crippen LogP contribution in [0.25, 0.3) is 11.6 Å². The molecule has 6 heteroatoms. The second-order valence-corrected chi connectivity index (χ2v) is 4.53. The fraction of sp³-hybridized carbons (Fsp3) is 0.583. The van der Waals surface area contributed by atoms with Crippen LogP contribution in [0.4, 0.5) is 0 Å². The number of hydrogen-bond donors (Lipinski definition) is 0. The van der Waals surface area contributed by atoms with Crippen molar-refractivity contribution in [3.8, 4) is 11.6 Å². The third kappa shape index (κ3) is 1.64. The summed E-state index contributed by atoms with van der Waals surface area (Å²) in [6.45, 7) is 7.10. The van der Waals surface area contributed by atoms with Gasteiger partial charge in [-0.3, -0.25) is 0 Å². The molecular formula is C12H16N4O2. The Hall–Kier alpha value is -1.69. The van der Waals surface area contributed by atoms with Gasteiger partial charge in [0.25, 0.3) is 0 Å². The molecule has 0 saturated heterocycles. The summed E-state index contributed by atoms with van der Waals surface area (Å²) in [4.78, 5) is 4.29. The molecular weight excluding hydrogens is 232 g/mol. The molecule has 6 nitrogen and oxygen atoms in total. The maximum atomic E-state index is 5.64. The first-order valence-corrected chi connectivity index (χ1v) is 6.16. The van der Waals surface area contributed by atoms with Crippen molar-refractivity contribution in [1.82, 2.24) is 19.7 Å². The predicted molar refractivity (Wildman–Crippen MR) is 64.0 cm³/mol. The van der Waals surface area contributed by atoms with Gasteiger partial charge >= 0.3 is 0 Å². The number of ether oxygens (including phenoxy) is 1. The first-order chi connectivity index (χ1) is 8.70. The quantitative estimate of drug-likeness (QED) is 0.813. The Morgan fingerprint density at radius 1 is 1.33 bits per heavy atom. The fourth-order valence-electron chi connectivity index (χ4n) is 2.36. The van der Waals surface area contributed by atoms with Gasteiger partial charge in [0.15, 0.2) is 17.5 Å². The monoisotopic (exact) mass is 248 g/mol. The van der Waals surface area contributed by atoms with Crippen LogP contribution in [0.1, 0.15) is 36.8 Å². The van der Waals surface area contributed by atoms with Crippen molar-refractivity contribution in [3.63, 3.8) is 0 Å². The van der Waals surface area contributed by atoms with Crippen molar-refractivity contribution in [2.24, 2.45) is 0 Å². The fourth-order valence-corrected chi connectivity index (χ4v) is 2.36. The smallest absolute Gasteiger partial charge is 0.202 e. The van der Waals surface area contributed by atoms with Crippen molar-refractivity contribution >= 4 is 0 Å². The van der Waals surface area contributed by atoms with E-state index in [0.717, 1.165) is 23.8 Å². The largest absolute Gasteiger partial charge is 0.437 e. The second-order valence-electron chi connectivity index (χ2n) is 4.53. The molecule has 3 rings (SSSR count). The molecule has 0 spiro atoms. The molecule has 0 aromatic carbocycles. The number of rotatable bonds is 2. The van der Waals surface area contributed by atoms with E-state index in [1.165, 1.54) is 0 Å². The van der Waals surface area contributed by atoms with Crippen molar-refractivity contribution in [1.29, 1.82) is 0 Å². The lowest BCUT2D eigenvalue weighted by molar-refractivity contribution is 0.0541. The van der Waals surface area contributed by atoms with Crippen molar-refractivity contribution in [3.05, 3.63) is 17.4 Å². The number of aromatic nitrogens is 4. The molecule has 96 valence electrons. The molecule has 18 heavy (non-hydrogen) atoms.